The van der Waals surface area contributed by atoms with Gasteiger partial charge in [0, 0.05) is 5.39 Å². The van der Waals surface area contributed by atoms with Crippen molar-refractivity contribution in [3.05, 3.63) is 53.1 Å². The van der Waals surface area contributed by atoms with E-state index < -0.39 is 5.91 Å². The molecule has 0 aliphatic carbocycles. The molecule has 1 aromatic heterocycles. The van der Waals surface area contributed by atoms with Gasteiger partial charge >= 0.3 is 0 Å². The number of hydrogen-bond donors (Lipinski definition) is 3. The Bertz CT molecular complexity index is 942. The maximum Gasteiger partial charge on any atom is 0.299 e. The summed E-state index contributed by atoms with van der Waals surface area (Å²) < 4.78 is 0. The molecule has 3 N–H and O–H groups in total. The number of nitrogens with zero attached hydrogens (tertiary/aromatic N) is 2. The summed E-state index contributed by atoms with van der Waals surface area (Å²) in [6.45, 7) is 3.85. The standard InChI is InChI=1S/C17H15N3O3/c1-9-7-10(2)14-12(8-9)15(17(23)18-14)19-20-16(22)11-5-3-4-6-13(11)21/h3-8,18,21,23H,1-2H3. The minimum Gasteiger partial charge on any atom is -0.507 e. The summed E-state index contributed by atoms with van der Waals surface area (Å²) in [5.74, 6) is -0.991. The molecule has 0 aliphatic rings. The van der Waals surface area contributed by atoms with Gasteiger partial charge in [0.2, 0.25) is 5.88 Å². The summed E-state index contributed by atoms with van der Waals surface area (Å²) in [4.78, 5) is 14.9. The van der Waals surface area contributed by atoms with Gasteiger partial charge in [0.25, 0.3) is 5.91 Å². The molecule has 0 bridgehead atoms. The van der Waals surface area contributed by atoms with E-state index in [4.69, 9.17) is 0 Å². The number of fused-ring (bicyclic) bond motifs is 1. The lowest BCUT2D eigenvalue weighted by Crippen LogP contribution is -1.93. The van der Waals surface area contributed by atoms with Crippen molar-refractivity contribution < 1.29 is 15.0 Å². The molecule has 1 heterocycles. The van der Waals surface area contributed by atoms with E-state index in [9.17, 15) is 15.0 Å². The Kier molecular flexibility index (Phi) is 3.57. The van der Waals surface area contributed by atoms with Crippen LogP contribution in [0.3, 0.4) is 0 Å². The Labute approximate surface area is 132 Å². The molecule has 6 heteroatoms. The summed E-state index contributed by atoms with van der Waals surface area (Å²) in [6.07, 6.45) is 0. The van der Waals surface area contributed by atoms with E-state index in [0.717, 1.165) is 16.6 Å². The average Bonchev–Trinajstić information content (AvgIpc) is 2.81. The fourth-order valence-corrected chi connectivity index (χ4v) is 2.53. The van der Waals surface area contributed by atoms with Gasteiger partial charge in [0.05, 0.1) is 11.1 Å². The molecule has 6 nitrogen and oxygen atoms in total. The van der Waals surface area contributed by atoms with Crippen LogP contribution in [0.25, 0.3) is 10.9 Å². The molecule has 1 amide bonds. The molecule has 0 atom stereocenters. The summed E-state index contributed by atoms with van der Waals surface area (Å²) in [6, 6.07) is 9.93. The molecule has 2 aromatic carbocycles. The highest BCUT2D eigenvalue weighted by molar-refractivity contribution is 5.99. The molecule has 0 unspecified atom stereocenters. The Morgan fingerprint density at radius 1 is 1.13 bits per heavy atom. The number of aromatic hydroxyl groups is 2. The number of phenols is 1. The van der Waals surface area contributed by atoms with Gasteiger partial charge in [0.1, 0.15) is 5.75 Å². The second kappa shape index (κ2) is 5.57. The first-order valence-corrected chi connectivity index (χ1v) is 7.03. The molecule has 23 heavy (non-hydrogen) atoms. The molecule has 0 aliphatic heterocycles. The van der Waals surface area contributed by atoms with Gasteiger partial charge in [-0.2, -0.15) is 0 Å². The number of aryl methyl sites for hydroxylation is 2. The molecular formula is C17H15N3O3. The molecule has 0 spiro atoms. The molecule has 0 saturated carbocycles. The number of H-pyrrole nitrogens is 1. The third-order valence-corrected chi connectivity index (χ3v) is 3.58. The number of nitrogens with one attached hydrogen (secondary N) is 1. The highest BCUT2D eigenvalue weighted by Gasteiger charge is 2.14. The van der Waals surface area contributed by atoms with Crippen LogP contribution >= 0.6 is 0 Å². The number of aromatic nitrogens is 1. The third-order valence-electron chi connectivity index (χ3n) is 3.58. The van der Waals surface area contributed by atoms with Gasteiger partial charge < -0.3 is 15.2 Å². The number of benzene rings is 2. The van der Waals surface area contributed by atoms with Crippen LogP contribution in [0.15, 0.2) is 46.6 Å². The molecule has 0 fully saturated rings. The van der Waals surface area contributed by atoms with Crippen LogP contribution < -0.4 is 0 Å². The van der Waals surface area contributed by atoms with E-state index in [0.29, 0.717) is 5.39 Å². The fraction of sp³-hybridized carbons (Fsp3) is 0.118. The second-order valence-corrected chi connectivity index (χ2v) is 5.35. The molecule has 3 aromatic rings. The number of hydrogen-bond acceptors (Lipinski definition) is 4. The van der Waals surface area contributed by atoms with E-state index in [2.05, 4.69) is 15.2 Å². The molecular weight excluding hydrogens is 294 g/mol. The molecule has 116 valence electrons. The first-order valence-electron chi connectivity index (χ1n) is 7.03. The predicted octanol–water partition coefficient (Wildman–Crippen LogP) is 4.12. The lowest BCUT2D eigenvalue weighted by atomic mass is 10.1. The minimum absolute atomic E-state index is 0.0583. The number of amides is 1. The SMILES string of the molecule is Cc1cc(C)c2[nH]c(O)c(N=NC(=O)c3ccccc3O)c2c1. The van der Waals surface area contributed by atoms with Crippen molar-refractivity contribution in [2.24, 2.45) is 10.2 Å². The number of carbonyl (C=O) groups excluding carboxylic acids is 1. The van der Waals surface area contributed by atoms with Crippen LogP contribution in [0, 0.1) is 13.8 Å². The Morgan fingerprint density at radius 3 is 2.61 bits per heavy atom. The van der Waals surface area contributed by atoms with E-state index in [1.807, 2.05) is 26.0 Å². The van der Waals surface area contributed by atoms with Gasteiger partial charge in [-0.3, -0.25) is 4.79 Å². The Balaban J connectivity index is 2.03. The van der Waals surface area contributed by atoms with Gasteiger partial charge in [-0.1, -0.05) is 23.8 Å². The monoisotopic (exact) mass is 309 g/mol. The lowest BCUT2D eigenvalue weighted by Gasteiger charge is -1.99. The van der Waals surface area contributed by atoms with Gasteiger partial charge in [-0.05, 0) is 37.6 Å². The zero-order valence-electron chi connectivity index (χ0n) is 12.7. The van der Waals surface area contributed by atoms with Crippen LogP contribution in [0.2, 0.25) is 0 Å². The van der Waals surface area contributed by atoms with Crippen LogP contribution in [0.1, 0.15) is 21.5 Å². The van der Waals surface area contributed by atoms with Crippen molar-refractivity contribution in [3.8, 4) is 11.6 Å². The van der Waals surface area contributed by atoms with E-state index in [-0.39, 0.29) is 22.9 Å². The van der Waals surface area contributed by atoms with Crippen molar-refractivity contribution in [1.29, 1.82) is 0 Å². The minimum atomic E-state index is -0.679. The molecule has 0 saturated heterocycles. The normalized spacial score (nSPS) is 11.4. The van der Waals surface area contributed by atoms with E-state index in [1.165, 1.54) is 12.1 Å². The van der Waals surface area contributed by atoms with Crippen molar-refractivity contribution >= 4 is 22.5 Å². The zero-order chi connectivity index (χ0) is 16.6. The summed E-state index contributed by atoms with van der Waals surface area (Å²) in [5, 5.41) is 27.9. The summed E-state index contributed by atoms with van der Waals surface area (Å²) >= 11 is 0. The predicted molar refractivity (Wildman–Crippen MR) is 86.4 cm³/mol. The highest BCUT2D eigenvalue weighted by atomic mass is 16.3. The van der Waals surface area contributed by atoms with Crippen LogP contribution in [0.5, 0.6) is 11.6 Å². The number of rotatable bonds is 2. The molecule has 3 rings (SSSR count). The average molecular weight is 309 g/mol. The zero-order valence-corrected chi connectivity index (χ0v) is 12.7. The van der Waals surface area contributed by atoms with Crippen LogP contribution in [-0.2, 0) is 0 Å². The molecule has 0 radical (unpaired) electrons. The Morgan fingerprint density at radius 2 is 1.87 bits per heavy atom. The highest BCUT2D eigenvalue weighted by Crippen LogP contribution is 2.37. The quantitative estimate of drug-likeness (QED) is 0.621. The lowest BCUT2D eigenvalue weighted by molar-refractivity contribution is 0.0992. The number of phenolic OH excluding ortho intramolecular Hbond substituents is 1. The number of carbonyl (C=O) groups is 1. The van der Waals surface area contributed by atoms with Crippen molar-refractivity contribution in [2.75, 3.05) is 0 Å². The topological polar surface area (TPSA) is 98.0 Å². The second-order valence-electron chi connectivity index (χ2n) is 5.35. The maximum absolute atomic E-state index is 12.0. The Hall–Kier alpha value is -3.15. The van der Waals surface area contributed by atoms with Gasteiger partial charge in [0.15, 0.2) is 5.69 Å². The maximum atomic E-state index is 12.0. The number of azo groups is 1. The van der Waals surface area contributed by atoms with Crippen molar-refractivity contribution in [3.63, 3.8) is 0 Å². The first kappa shape index (κ1) is 14.8. The number of para-hydroxylation sites is 1. The van der Waals surface area contributed by atoms with E-state index >= 15 is 0 Å². The van der Waals surface area contributed by atoms with Crippen LogP contribution in [-0.4, -0.2) is 21.1 Å². The van der Waals surface area contributed by atoms with E-state index in [1.54, 1.807) is 12.1 Å². The van der Waals surface area contributed by atoms with Gasteiger partial charge in [-0.25, -0.2) is 0 Å². The number of aromatic amines is 1. The third kappa shape index (κ3) is 2.66. The van der Waals surface area contributed by atoms with Gasteiger partial charge in [-0.15, -0.1) is 10.2 Å². The van der Waals surface area contributed by atoms with Crippen LogP contribution in [0.4, 0.5) is 5.69 Å². The van der Waals surface area contributed by atoms with Crippen molar-refractivity contribution in [2.45, 2.75) is 13.8 Å². The fourth-order valence-electron chi connectivity index (χ4n) is 2.53. The largest absolute Gasteiger partial charge is 0.507 e. The smallest absolute Gasteiger partial charge is 0.299 e. The summed E-state index contributed by atoms with van der Waals surface area (Å²) in [5.41, 5.74) is 2.98. The first-order chi connectivity index (χ1) is 11.0. The van der Waals surface area contributed by atoms with Crippen molar-refractivity contribution in [1.82, 2.24) is 4.98 Å². The summed E-state index contributed by atoms with van der Waals surface area (Å²) in [7, 11) is 0.